The van der Waals surface area contributed by atoms with Crippen molar-refractivity contribution in [3.63, 3.8) is 0 Å². The van der Waals surface area contributed by atoms with Crippen molar-refractivity contribution in [3.05, 3.63) is 29.3 Å². The minimum absolute atomic E-state index is 0.426. The molecule has 0 aliphatic rings. The van der Waals surface area contributed by atoms with Gasteiger partial charge in [0, 0.05) is 5.69 Å². The van der Waals surface area contributed by atoms with Gasteiger partial charge in [-0.3, -0.25) is 0 Å². The van der Waals surface area contributed by atoms with E-state index in [1.807, 2.05) is 32.0 Å². The van der Waals surface area contributed by atoms with Crippen LogP contribution in [0, 0.1) is 13.8 Å². The lowest BCUT2D eigenvalue weighted by Gasteiger charge is -2.15. The second kappa shape index (κ2) is 6.05. The second-order valence-electron chi connectivity index (χ2n) is 4.11. The van der Waals surface area contributed by atoms with Crippen LogP contribution in [0.1, 0.15) is 18.1 Å². The van der Waals surface area contributed by atoms with Gasteiger partial charge in [0.15, 0.2) is 0 Å². The van der Waals surface area contributed by atoms with Crippen molar-refractivity contribution >= 4 is 17.7 Å². The highest BCUT2D eigenvalue weighted by Gasteiger charge is 2.16. The first-order valence-electron chi connectivity index (χ1n) is 5.67. The van der Waals surface area contributed by atoms with Crippen LogP contribution in [-0.4, -0.2) is 25.2 Å². The van der Waals surface area contributed by atoms with Crippen LogP contribution in [0.5, 0.6) is 0 Å². The minimum Gasteiger partial charge on any atom is -0.467 e. The maximum atomic E-state index is 11.7. The van der Waals surface area contributed by atoms with Crippen molar-refractivity contribution in [2.75, 3.05) is 12.4 Å². The molecule has 1 aromatic rings. The SMILES string of the molecule is COC(=O)[C@H](C)NC(=O)Nc1c(C)cccc1C. The molecule has 0 saturated heterocycles. The molecule has 5 heteroatoms. The number of methoxy groups -OCH3 is 1. The van der Waals surface area contributed by atoms with Crippen molar-refractivity contribution in [1.29, 1.82) is 0 Å². The molecule has 0 aliphatic heterocycles. The maximum absolute atomic E-state index is 11.7. The van der Waals surface area contributed by atoms with Crippen LogP contribution in [-0.2, 0) is 9.53 Å². The van der Waals surface area contributed by atoms with Crippen LogP contribution in [0.25, 0.3) is 0 Å². The number of rotatable bonds is 3. The lowest BCUT2D eigenvalue weighted by Crippen LogP contribution is -2.41. The molecule has 0 aromatic heterocycles. The fraction of sp³-hybridized carbons (Fsp3) is 0.385. The molecule has 2 amide bonds. The molecule has 0 aliphatic carbocycles. The number of amides is 2. The van der Waals surface area contributed by atoms with Crippen molar-refractivity contribution in [1.82, 2.24) is 5.32 Å². The Balaban J connectivity index is 2.68. The average molecular weight is 250 g/mol. The zero-order valence-corrected chi connectivity index (χ0v) is 11.0. The van der Waals surface area contributed by atoms with E-state index in [0.717, 1.165) is 16.8 Å². The van der Waals surface area contributed by atoms with Gasteiger partial charge in [-0.1, -0.05) is 18.2 Å². The average Bonchev–Trinajstić information content (AvgIpc) is 2.32. The Kier molecular flexibility index (Phi) is 4.71. The summed E-state index contributed by atoms with van der Waals surface area (Å²) in [7, 11) is 1.28. The molecule has 18 heavy (non-hydrogen) atoms. The Morgan fingerprint density at radius 3 is 2.28 bits per heavy atom. The molecule has 0 heterocycles. The van der Waals surface area contributed by atoms with Crippen LogP contribution >= 0.6 is 0 Å². The van der Waals surface area contributed by atoms with E-state index >= 15 is 0 Å². The molecule has 0 radical (unpaired) electrons. The number of ether oxygens (including phenoxy) is 1. The largest absolute Gasteiger partial charge is 0.467 e. The number of anilines is 1. The second-order valence-corrected chi connectivity index (χ2v) is 4.11. The van der Waals surface area contributed by atoms with E-state index < -0.39 is 18.0 Å². The number of hydrogen-bond donors (Lipinski definition) is 2. The Bertz CT molecular complexity index is 437. The number of para-hydroxylation sites is 1. The fourth-order valence-electron chi connectivity index (χ4n) is 1.59. The molecule has 1 atom stereocenters. The summed E-state index contributed by atoms with van der Waals surface area (Å²) in [5.41, 5.74) is 2.69. The van der Waals surface area contributed by atoms with Gasteiger partial charge in [0.25, 0.3) is 0 Å². The standard InChI is InChI=1S/C13H18N2O3/c1-8-6-5-7-9(2)11(8)15-13(17)14-10(3)12(16)18-4/h5-7,10H,1-4H3,(H2,14,15,17)/t10-/m0/s1. The number of benzene rings is 1. The van der Waals surface area contributed by atoms with Gasteiger partial charge in [-0.15, -0.1) is 0 Å². The highest BCUT2D eigenvalue weighted by molar-refractivity contribution is 5.93. The zero-order valence-electron chi connectivity index (χ0n) is 11.0. The van der Waals surface area contributed by atoms with Gasteiger partial charge in [0.1, 0.15) is 6.04 Å². The van der Waals surface area contributed by atoms with Crippen molar-refractivity contribution in [2.45, 2.75) is 26.8 Å². The van der Waals surface area contributed by atoms with Crippen molar-refractivity contribution < 1.29 is 14.3 Å². The van der Waals surface area contributed by atoms with Crippen LogP contribution < -0.4 is 10.6 Å². The van der Waals surface area contributed by atoms with E-state index in [-0.39, 0.29) is 0 Å². The number of hydrogen-bond acceptors (Lipinski definition) is 3. The molecule has 1 rings (SSSR count). The highest BCUT2D eigenvalue weighted by Crippen LogP contribution is 2.19. The molecule has 5 nitrogen and oxygen atoms in total. The monoisotopic (exact) mass is 250 g/mol. The lowest BCUT2D eigenvalue weighted by molar-refractivity contribution is -0.142. The Morgan fingerprint density at radius 1 is 1.22 bits per heavy atom. The van der Waals surface area contributed by atoms with Gasteiger partial charge >= 0.3 is 12.0 Å². The predicted molar refractivity (Wildman–Crippen MR) is 69.5 cm³/mol. The third-order valence-electron chi connectivity index (χ3n) is 2.62. The van der Waals surface area contributed by atoms with Crippen molar-refractivity contribution in [3.8, 4) is 0 Å². The molecular formula is C13H18N2O3. The normalized spacial score (nSPS) is 11.6. The fourth-order valence-corrected chi connectivity index (χ4v) is 1.59. The third kappa shape index (κ3) is 3.48. The van der Waals surface area contributed by atoms with E-state index in [9.17, 15) is 9.59 Å². The number of esters is 1. The molecular weight excluding hydrogens is 232 g/mol. The maximum Gasteiger partial charge on any atom is 0.328 e. The van der Waals surface area contributed by atoms with E-state index in [2.05, 4.69) is 15.4 Å². The van der Waals surface area contributed by atoms with E-state index in [0.29, 0.717) is 0 Å². The molecule has 0 bridgehead atoms. The smallest absolute Gasteiger partial charge is 0.328 e. The zero-order chi connectivity index (χ0) is 13.7. The number of carbonyl (C=O) groups excluding carboxylic acids is 2. The quantitative estimate of drug-likeness (QED) is 0.806. The van der Waals surface area contributed by atoms with Gasteiger partial charge in [0.05, 0.1) is 7.11 Å². The van der Waals surface area contributed by atoms with Gasteiger partial charge in [-0.25, -0.2) is 9.59 Å². The van der Waals surface area contributed by atoms with Gasteiger partial charge in [0.2, 0.25) is 0 Å². The molecule has 98 valence electrons. The highest BCUT2D eigenvalue weighted by atomic mass is 16.5. The molecule has 0 fully saturated rings. The first kappa shape index (κ1) is 14.0. The number of aryl methyl sites for hydroxylation is 2. The molecule has 0 saturated carbocycles. The summed E-state index contributed by atoms with van der Waals surface area (Å²) in [4.78, 5) is 22.9. The summed E-state index contributed by atoms with van der Waals surface area (Å²) in [6.45, 7) is 5.38. The summed E-state index contributed by atoms with van der Waals surface area (Å²) in [5.74, 6) is -0.480. The van der Waals surface area contributed by atoms with Gasteiger partial charge in [-0.05, 0) is 31.9 Å². The molecule has 0 unspecified atom stereocenters. The summed E-state index contributed by atoms with van der Waals surface area (Å²) >= 11 is 0. The number of urea groups is 1. The first-order valence-corrected chi connectivity index (χ1v) is 5.67. The van der Waals surface area contributed by atoms with E-state index in [1.165, 1.54) is 7.11 Å². The third-order valence-corrected chi connectivity index (χ3v) is 2.62. The number of nitrogens with one attached hydrogen (secondary N) is 2. The number of carbonyl (C=O) groups is 2. The Hall–Kier alpha value is -2.04. The van der Waals surface area contributed by atoms with Crippen LogP contribution in [0.3, 0.4) is 0 Å². The van der Waals surface area contributed by atoms with E-state index in [1.54, 1.807) is 6.92 Å². The molecule has 2 N–H and O–H groups in total. The lowest BCUT2D eigenvalue weighted by atomic mass is 10.1. The van der Waals surface area contributed by atoms with Crippen LogP contribution in [0.2, 0.25) is 0 Å². The summed E-state index contributed by atoms with van der Waals surface area (Å²) in [6, 6.07) is 4.63. The topological polar surface area (TPSA) is 67.4 Å². The summed E-state index contributed by atoms with van der Waals surface area (Å²) in [5, 5.41) is 5.24. The molecule has 1 aromatic carbocycles. The predicted octanol–water partition coefficient (Wildman–Crippen LogP) is 1.99. The first-order chi connectivity index (χ1) is 8.45. The Labute approximate surface area is 107 Å². The summed E-state index contributed by atoms with van der Waals surface area (Å²) < 4.78 is 4.53. The van der Waals surface area contributed by atoms with Crippen molar-refractivity contribution in [2.24, 2.45) is 0 Å². The molecule has 0 spiro atoms. The Morgan fingerprint density at radius 2 is 1.78 bits per heavy atom. The summed E-state index contributed by atoms with van der Waals surface area (Å²) in [6.07, 6.45) is 0. The van der Waals surface area contributed by atoms with Crippen LogP contribution in [0.15, 0.2) is 18.2 Å². The van der Waals surface area contributed by atoms with Crippen LogP contribution in [0.4, 0.5) is 10.5 Å². The van der Waals surface area contributed by atoms with Gasteiger partial charge in [-0.2, -0.15) is 0 Å². The van der Waals surface area contributed by atoms with E-state index in [4.69, 9.17) is 0 Å². The van der Waals surface area contributed by atoms with Gasteiger partial charge < -0.3 is 15.4 Å². The minimum atomic E-state index is -0.681.